The quantitative estimate of drug-likeness (QED) is 0.836. The van der Waals surface area contributed by atoms with E-state index in [1.165, 1.54) is 0 Å². The van der Waals surface area contributed by atoms with Crippen LogP contribution in [0, 0.1) is 13.8 Å². The largest absolute Gasteiger partial charge is 0.369 e. The number of aromatic nitrogens is 2. The fourth-order valence-electron chi connectivity index (χ4n) is 2.41. The van der Waals surface area contributed by atoms with Crippen molar-refractivity contribution >= 4 is 5.91 Å². The molecule has 0 aromatic carbocycles. The van der Waals surface area contributed by atoms with Crippen LogP contribution in [-0.4, -0.2) is 33.9 Å². The van der Waals surface area contributed by atoms with Crippen molar-refractivity contribution in [1.29, 1.82) is 0 Å². The number of carbonyl (C=O) groups excluding carboxylic acids is 1. The van der Waals surface area contributed by atoms with E-state index in [1.807, 2.05) is 19.9 Å². The average Bonchev–Trinajstić information content (AvgIpc) is 2.63. The van der Waals surface area contributed by atoms with E-state index in [9.17, 15) is 4.79 Å². The summed E-state index contributed by atoms with van der Waals surface area (Å²) in [5, 5.41) is 0. The molecule has 0 spiro atoms. The van der Waals surface area contributed by atoms with Gasteiger partial charge in [-0.05, 0) is 39.3 Å². The van der Waals surface area contributed by atoms with Crippen molar-refractivity contribution in [3.8, 4) is 0 Å². The highest BCUT2D eigenvalue weighted by Gasteiger charge is 2.29. The van der Waals surface area contributed by atoms with Crippen molar-refractivity contribution in [2.45, 2.75) is 32.7 Å². The predicted molar refractivity (Wildman–Crippen MR) is 64.2 cm³/mol. The van der Waals surface area contributed by atoms with Crippen molar-refractivity contribution < 1.29 is 4.79 Å². The summed E-state index contributed by atoms with van der Waals surface area (Å²) in [6.07, 6.45) is 2.06. The number of likely N-dealkylation sites (tertiary alicyclic amines) is 1. The first-order chi connectivity index (χ1) is 8.06. The summed E-state index contributed by atoms with van der Waals surface area (Å²) in [4.78, 5) is 22.0. The molecule has 1 saturated heterocycles. The molecule has 17 heavy (non-hydrogen) atoms. The predicted octanol–water partition coefficient (Wildman–Crippen LogP) is 0.716. The van der Waals surface area contributed by atoms with E-state index >= 15 is 0 Å². The zero-order chi connectivity index (χ0) is 12.4. The van der Waals surface area contributed by atoms with Crippen LogP contribution in [0.3, 0.4) is 0 Å². The van der Waals surface area contributed by atoms with E-state index in [2.05, 4.69) is 14.9 Å². The Morgan fingerprint density at radius 3 is 2.71 bits per heavy atom. The van der Waals surface area contributed by atoms with Crippen LogP contribution in [0.4, 0.5) is 0 Å². The van der Waals surface area contributed by atoms with E-state index < -0.39 is 0 Å². The minimum atomic E-state index is -0.290. The highest BCUT2D eigenvalue weighted by Crippen LogP contribution is 2.29. The van der Waals surface area contributed by atoms with Gasteiger partial charge in [0.25, 0.3) is 0 Å². The van der Waals surface area contributed by atoms with Gasteiger partial charge in [0.1, 0.15) is 5.82 Å². The topological polar surface area (TPSA) is 72.1 Å². The lowest BCUT2D eigenvalue weighted by molar-refractivity contribution is -0.119. The molecule has 5 nitrogen and oxygen atoms in total. The molecule has 0 radical (unpaired) electrons. The summed E-state index contributed by atoms with van der Waals surface area (Å²) >= 11 is 0. The van der Waals surface area contributed by atoms with E-state index in [0.29, 0.717) is 6.54 Å². The SMILES string of the molecule is Cc1cc(C)nc([C@H]2CCCN2CC(N)=O)n1. The van der Waals surface area contributed by atoms with Gasteiger partial charge in [0.2, 0.25) is 5.91 Å². The third-order valence-electron chi connectivity index (χ3n) is 3.02. The molecule has 0 aliphatic carbocycles. The van der Waals surface area contributed by atoms with Gasteiger partial charge in [-0.3, -0.25) is 9.69 Å². The first-order valence-corrected chi connectivity index (χ1v) is 5.91. The average molecular weight is 234 g/mol. The molecule has 2 N–H and O–H groups in total. The molecule has 1 aliphatic rings. The number of primary amides is 1. The summed E-state index contributed by atoms with van der Waals surface area (Å²) in [5.41, 5.74) is 7.19. The fraction of sp³-hybridized carbons (Fsp3) is 0.583. The van der Waals surface area contributed by atoms with Crippen LogP contribution in [0.1, 0.15) is 36.1 Å². The second-order valence-electron chi connectivity index (χ2n) is 4.60. The second-order valence-corrected chi connectivity index (χ2v) is 4.60. The van der Waals surface area contributed by atoms with Gasteiger partial charge in [-0.15, -0.1) is 0 Å². The summed E-state index contributed by atoms with van der Waals surface area (Å²) in [6.45, 7) is 5.11. The Balaban J connectivity index is 2.22. The van der Waals surface area contributed by atoms with Crippen molar-refractivity contribution in [3.63, 3.8) is 0 Å². The fourth-order valence-corrected chi connectivity index (χ4v) is 2.41. The zero-order valence-corrected chi connectivity index (χ0v) is 10.3. The lowest BCUT2D eigenvalue weighted by Gasteiger charge is -2.22. The smallest absolute Gasteiger partial charge is 0.231 e. The summed E-state index contributed by atoms with van der Waals surface area (Å²) < 4.78 is 0. The minimum absolute atomic E-state index is 0.140. The summed E-state index contributed by atoms with van der Waals surface area (Å²) in [6, 6.07) is 2.10. The Labute approximate surface area is 101 Å². The first kappa shape index (κ1) is 12.0. The number of amides is 1. The normalized spacial score (nSPS) is 20.7. The minimum Gasteiger partial charge on any atom is -0.369 e. The van der Waals surface area contributed by atoms with Crippen molar-refractivity contribution in [3.05, 3.63) is 23.3 Å². The Morgan fingerprint density at radius 1 is 1.47 bits per heavy atom. The Morgan fingerprint density at radius 2 is 2.12 bits per heavy atom. The van der Waals surface area contributed by atoms with Crippen LogP contribution >= 0.6 is 0 Å². The monoisotopic (exact) mass is 234 g/mol. The van der Waals surface area contributed by atoms with Crippen molar-refractivity contribution in [2.75, 3.05) is 13.1 Å². The first-order valence-electron chi connectivity index (χ1n) is 5.91. The molecule has 1 fully saturated rings. The molecule has 1 atom stereocenters. The molecular formula is C12H18N4O. The summed E-state index contributed by atoms with van der Waals surface area (Å²) in [5.74, 6) is 0.530. The van der Waals surface area contributed by atoms with Gasteiger partial charge in [0, 0.05) is 11.4 Å². The molecule has 0 bridgehead atoms. The lowest BCUT2D eigenvalue weighted by Crippen LogP contribution is -2.34. The van der Waals surface area contributed by atoms with E-state index in [1.54, 1.807) is 0 Å². The Hall–Kier alpha value is -1.49. The third kappa shape index (κ3) is 2.79. The van der Waals surface area contributed by atoms with Gasteiger partial charge in [0.15, 0.2) is 0 Å². The maximum Gasteiger partial charge on any atom is 0.231 e. The number of nitrogens with two attached hydrogens (primary N) is 1. The van der Waals surface area contributed by atoms with Crippen molar-refractivity contribution in [1.82, 2.24) is 14.9 Å². The maximum absolute atomic E-state index is 11.0. The molecule has 0 saturated carbocycles. The maximum atomic E-state index is 11.0. The molecule has 1 aromatic heterocycles. The van der Waals surface area contributed by atoms with Crippen LogP contribution in [-0.2, 0) is 4.79 Å². The number of aryl methyl sites for hydroxylation is 2. The number of carbonyl (C=O) groups is 1. The third-order valence-corrected chi connectivity index (χ3v) is 3.02. The Bertz CT molecular complexity index is 412. The van der Waals surface area contributed by atoms with Gasteiger partial charge in [-0.25, -0.2) is 9.97 Å². The van der Waals surface area contributed by atoms with Crippen LogP contribution in [0.25, 0.3) is 0 Å². The molecule has 1 amide bonds. The van der Waals surface area contributed by atoms with Gasteiger partial charge < -0.3 is 5.73 Å². The van der Waals surface area contributed by atoms with E-state index in [0.717, 1.165) is 36.6 Å². The number of hydrogen-bond acceptors (Lipinski definition) is 4. The Kier molecular flexibility index (Phi) is 3.38. The highest BCUT2D eigenvalue weighted by atomic mass is 16.1. The molecule has 1 aromatic rings. The van der Waals surface area contributed by atoms with E-state index in [-0.39, 0.29) is 11.9 Å². The summed E-state index contributed by atoms with van der Waals surface area (Å²) in [7, 11) is 0. The lowest BCUT2D eigenvalue weighted by atomic mass is 10.2. The van der Waals surface area contributed by atoms with Crippen LogP contribution in [0.2, 0.25) is 0 Å². The standard InChI is InChI=1S/C12H18N4O/c1-8-6-9(2)15-12(14-8)10-4-3-5-16(10)7-11(13)17/h6,10H,3-5,7H2,1-2H3,(H2,13,17)/t10-/m1/s1. The van der Waals surface area contributed by atoms with Crippen LogP contribution in [0.5, 0.6) is 0 Å². The second kappa shape index (κ2) is 4.79. The number of hydrogen-bond donors (Lipinski definition) is 1. The van der Waals surface area contributed by atoms with Gasteiger partial charge in [-0.1, -0.05) is 0 Å². The molecule has 92 valence electrons. The van der Waals surface area contributed by atoms with Crippen LogP contribution < -0.4 is 5.73 Å². The van der Waals surface area contributed by atoms with Crippen molar-refractivity contribution in [2.24, 2.45) is 5.73 Å². The van der Waals surface area contributed by atoms with E-state index in [4.69, 9.17) is 5.73 Å². The zero-order valence-electron chi connectivity index (χ0n) is 10.3. The molecule has 1 aliphatic heterocycles. The molecule has 0 unspecified atom stereocenters. The molecule has 5 heteroatoms. The van der Waals surface area contributed by atoms with Gasteiger partial charge >= 0.3 is 0 Å². The molecule has 2 rings (SSSR count). The molecular weight excluding hydrogens is 216 g/mol. The van der Waals surface area contributed by atoms with Crippen LogP contribution in [0.15, 0.2) is 6.07 Å². The number of rotatable bonds is 3. The molecule has 2 heterocycles. The van der Waals surface area contributed by atoms with Gasteiger partial charge in [-0.2, -0.15) is 0 Å². The number of nitrogens with zero attached hydrogens (tertiary/aromatic N) is 3. The van der Waals surface area contributed by atoms with Gasteiger partial charge in [0.05, 0.1) is 12.6 Å². The highest BCUT2D eigenvalue weighted by molar-refractivity contribution is 5.76.